The molecule has 3 N–H and O–H groups in total. The zero-order chi connectivity index (χ0) is 16.2. The molecule has 1 heterocycles. The average Bonchev–Trinajstić information content (AvgIpc) is 2.57. The number of piperazine rings is 1. The van der Waals surface area contributed by atoms with Gasteiger partial charge >= 0.3 is 0 Å². The van der Waals surface area contributed by atoms with Crippen molar-refractivity contribution in [3.63, 3.8) is 0 Å². The number of carbonyl (C=O) groups excluding carboxylic acids is 1. The van der Waals surface area contributed by atoms with Gasteiger partial charge in [-0.25, -0.2) is 4.39 Å². The van der Waals surface area contributed by atoms with Crippen LogP contribution < -0.4 is 11.1 Å². The number of halogens is 1. The second-order valence-corrected chi connectivity index (χ2v) is 5.75. The van der Waals surface area contributed by atoms with Crippen LogP contribution in [-0.2, 0) is 6.54 Å². The van der Waals surface area contributed by atoms with Gasteiger partial charge in [-0.1, -0.05) is 36.4 Å². The summed E-state index contributed by atoms with van der Waals surface area (Å²) in [5.41, 5.74) is 7.46. The standard InChI is InChI=1S/C18H20FN3O/c19-17-15(2-1-3-16(17)18(20)23)14-6-4-13(5-7-14)12-22-10-8-21-9-11-22/h1-7,21H,8-12H2,(H2,20,23). The fourth-order valence-corrected chi connectivity index (χ4v) is 2.86. The van der Waals surface area contributed by atoms with E-state index >= 15 is 0 Å². The number of hydrogen-bond donors (Lipinski definition) is 2. The fraction of sp³-hybridized carbons (Fsp3) is 0.278. The van der Waals surface area contributed by atoms with Crippen molar-refractivity contribution in [2.45, 2.75) is 6.54 Å². The van der Waals surface area contributed by atoms with Gasteiger partial charge in [0.2, 0.25) is 0 Å². The van der Waals surface area contributed by atoms with Gasteiger partial charge < -0.3 is 11.1 Å². The third-order valence-electron chi connectivity index (χ3n) is 4.14. The van der Waals surface area contributed by atoms with Gasteiger partial charge in [0.25, 0.3) is 5.91 Å². The first-order valence-electron chi connectivity index (χ1n) is 7.76. The van der Waals surface area contributed by atoms with E-state index in [1.165, 1.54) is 11.6 Å². The Hall–Kier alpha value is -2.24. The Morgan fingerprint density at radius 2 is 1.83 bits per heavy atom. The quantitative estimate of drug-likeness (QED) is 0.907. The van der Waals surface area contributed by atoms with Crippen molar-refractivity contribution in [3.05, 3.63) is 59.4 Å². The highest BCUT2D eigenvalue weighted by molar-refractivity contribution is 5.94. The van der Waals surface area contributed by atoms with Crippen molar-refractivity contribution in [2.75, 3.05) is 26.2 Å². The highest BCUT2D eigenvalue weighted by atomic mass is 19.1. The van der Waals surface area contributed by atoms with Gasteiger partial charge in [-0.2, -0.15) is 0 Å². The summed E-state index contributed by atoms with van der Waals surface area (Å²) in [5, 5.41) is 3.33. The molecule has 1 amide bonds. The molecular formula is C18H20FN3O. The molecule has 1 aliphatic rings. The minimum Gasteiger partial charge on any atom is -0.366 e. The van der Waals surface area contributed by atoms with Crippen LogP contribution in [0.3, 0.4) is 0 Å². The van der Waals surface area contributed by atoms with Crippen molar-refractivity contribution < 1.29 is 9.18 Å². The van der Waals surface area contributed by atoms with Crippen LogP contribution in [0.15, 0.2) is 42.5 Å². The number of rotatable bonds is 4. The van der Waals surface area contributed by atoms with E-state index in [0.717, 1.165) is 38.3 Å². The SMILES string of the molecule is NC(=O)c1cccc(-c2ccc(CN3CCNCC3)cc2)c1F. The second kappa shape index (κ2) is 6.89. The number of primary amides is 1. The van der Waals surface area contributed by atoms with Crippen molar-refractivity contribution in [1.29, 1.82) is 0 Å². The van der Waals surface area contributed by atoms with Gasteiger partial charge in [0.15, 0.2) is 0 Å². The maximum Gasteiger partial charge on any atom is 0.251 e. The Balaban J connectivity index is 1.79. The maximum atomic E-state index is 14.4. The predicted octanol–water partition coefficient (Wildman–Crippen LogP) is 2.00. The van der Waals surface area contributed by atoms with Crippen LogP contribution in [-0.4, -0.2) is 37.0 Å². The van der Waals surface area contributed by atoms with Crippen LogP contribution >= 0.6 is 0 Å². The average molecular weight is 313 g/mol. The van der Waals surface area contributed by atoms with E-state index in [-0.39, 0.29) is 5.56 Å². The summed E-state index contributed by atoms with van der Waals surface area (Å²) >= 11 is 0. The third kappa shape index (κ3) is 3.57. The second-order valence-electron chi connectivity index (χ2n) is 5.75. The molecule has 1 aliphatic heterocycles. The van der Waals surface area contributed by atoms with Crippen LogP contribution in [0.5, 0.6) is 0 Å². The smallest absolute Gasteiger partial charge is 0.251 e. The maximum absolute atomic E-state index is 14.4. The Morgan fingerprint density at radius 3 is 2.48 bits per heavy atom. The number of nitrogens with two attached hydrogens (primary N) is 1. The number of nitrogens with zero attached hydrogens (tertiary/aromatic N) is 1. The van der Waals surface area contributed by atoms with Crippen molar-refractivity contribution >= 4 is 5.91 Å². The van der Waals surface area contributed by atoms with E-state index in [2.05, 4.69) is 10.2 Å². The predicted molar refractivity (Wildman–Crippen MR) is 88.5 cm³/mol. The Morgan fingerprint density at radius 1 is 1.13 bits per heavy atom. The Kier molecular flexibility index (Phi) is 4.69. The highest BCUT2D eigenvalue weighted by Gasteiger charge is 2.14. The zero-order valence-corrected chi connectivity index (χ0v) is 12.9. The summed E-state index contributed by atoms with van der Waals surface area (Å²) in [4.78, 5) is 13.6. The summed E-state index contributed by atoms with van der Waals surface area (Å²) in [6.45, 7) is 5.01. The van der Waals surface area contributed by atoms with E-state index < -0.39 is 11.7 Å². The van der Waals surface area contributed by atoms with Gasteiger partial charge in [-0.3, -0.25) is 9.69 Å². The molecule has 0 spiro atoms. The topological polar surface area (TPSA) is 58.4 Å². The molecule has 23 heavy (non-hydrogen) atoms. The van der Waals surface area contributed by atoms with Gasteiger partial charge in [0, 0.05) is 38.3 Å². The zero-order valence-electron chi connectivity index (χ0n) is 12.9. The minimum absolute atomic E-state index is 0.0765. The van der Waals surface area contributed by atoms with Gasteiger partial charge in [-0.15, -0.1) is 0 Å². The van der Waals surface area contributed by atoms with Crippen LogP contribution in [0.4, 0.5) is 4.39 Å². The molecule has 0 unspecified atom stereocenters. The molecule has 4 nitrogen and oxygen atoms in total. The molecule has 0 saturated carbocycles. The molecule has 1 fully saturated rings. The minimum atomic E-state index is -0.750. The molecule has 3 rings (SSSR count). The molecule has 0 atom stereocenters. The number of carbonyl (C=O) groups is 1. The summed E-state index contributed by atoms with van der Waals surface area (Å²) in [5.74, 6) is -1.31. The molecule has 0 aromatic heterocycles. The normalized spacial score (nSPS) is 15.5. The van der Waals surface area contributed by atoms with E-state index in [0.29, 0.717) is 5.56 Å². The molecule has 5 heteroatoms. The monoisotopic (exact) mass is 313 g/mol. The molecule has 2 aromatic carbocycles. The number of nitrogens with one attached hydrogen (secondary N) is 1. The van der Waals surface area contributed by atoms with Crippen LogP contribution in [0.1, 0.15) is 15.9 Å². The Bertz CT molecular complexity index is 694. The lowest BCUT2D eigenvalue weighted by molar-refractivity contribution is 0.0996. The third-order valence-corrected chi connectivity index (χ3v) is 4.14. The first-order chi connectivity index (χ1) is 11.1. The van der Waals surface area contributed by atoms with Gasteiger partial charge in [-0.05, 0) is 17.2 Å². The first kappa shape index (κ1) is 15.6. The summed E-state index contributed by atoms with van der Waals surface area (Å²) in [7, 11) is 0. The molecule has 2 aromatic rings. The van der Waals surface area contributed by atoms with Crippen LogP contribution in [0, 0.1) is 5.82 Å². The van der Waals surface area contributed by atoms with Crippen LogP contribution in [0.25, 0.3) is 11.1 Å². The Labute approximate surface area is 135 Å². The lowest BCUT2D eigenvalue weighted by Gasteiger charge is -2.27. The molecule has 1 saturated heterocycles. The van der Waals surface area contributed by atoms with Crippen LogP contribution in [0.2, 0.25) is 0 Å². The van der Waals surface area contributed by atoms with Gasteiger partial charge in [0.05, 0.1) is 5.56 Å². The summed E-state index contributed by atoms with van der Waals surface area (Å²) in [6, 6.07) is 12.5. The lowest BCUT2D eigenvalue weighted by Crippen LogP contribution is -2.42. The van der Waals surface area contributed by atoms with Gasteiger partial charge in [0.1, 0.15) is 5.82 Å². The lowest BCUT2D eigenvalue weighted by atomic mass is 10.0. The van der Waals surface area contributed by atoms with E-state index in [9.17, 15) is 9.18 Å². The summed E-state index contributed by atoms with van der Waals surface area (Å²) < 4.78 is 14.4. The first-order valence-corrected chi connectivity index (χ1v) is 7.76. The van der Waals surface area contributed by atoms with Crippen molar-refractivity contribution in [3.8, 4) is 11.1 Å². The van der Waals surface area contributed by atoms with Crippen molar-refractivity contribution in [1.82, 2.24) is 10.2 Å². The molecule has 0 aliphatic carbocycles. The highest BCUT2D eigenvalue weighted by Crippen LogP contribution is 2.25. The number of hydrogen-bond acceptors (Lipinski definition) is 3. The van der Waals surface area contributed by atoms with E-state index in [1.54, 1.807) is 12.1 Å². The molecule has 120 valence electrons. The number of amides is 1. The number of benzene rings is 2. The summed E-state index contributed by atoms with van der Waals surface area (Å²) in [6.07, 6.45) is 0. The van der Waals surface area contributed by atoms with E-state index in [1.807, 2.05) is 24.3 Å². The fourth-order valence-electron chi connectivity index (χ4n) is 2.86. The largest absolute Gasteiger partial charge is 0.366 e. The van der Waals surface area contributed by atoms with Crippen molar-refractivity contribution in [2.24, 2.45) is 5.73 Å². The molecule has 0 bridgehead atoms. The molecular weight excluding hydrogens is 293 g/mol. The molecule has 0 radical (unpaired) electrons. The van der Waals surface area contributed by atoms with E-state index in [4.69, 9.17) is 5.73 Å².